The van der Waals surface area contributed by atoms with Crippen LogP contribution >= 0.6 is 0 Å². The number of carboxylic acid groups (broad SMARTS) is 1. The van der Waals surface area contributed by atoms with Gasteiger partial charge in [-0.15, -0.1) is 0 Å². The quantitative estimate of drug-likeness (QED) is 0.0735. The molecular weight excluding hydrogens is 442 g/mol. The molecule has 1 fully saturated rings. The second kappa shape index (κ2) is 15.6. The van der Waals surface area contributed by atoms with Crippen LogP contribution in [0.25, 0.3) is 0 Å². The number of unbranched alkanes of at least 4 members (excludes halogenated alkanes) is 3. The summed E-state index contributed by atoms with van der Waals surface area (Å²) in [5.41, 5.74) is 3.73. The molecule has 1 saturated carbocycles. The molecule has 1 unspecified atom stereocenters. The summed E-state index contributed by atoms with van der Waals surface area (Å²) in [4.78, 5) is 21.6. The molecule has 7 N–H and O–H groups in total. The standard InChI is InChI=1S/C25H45NO8/c1-3-4-9-13-24(2,34-33-18-25(26,16-27)17-28)14-12-20-19(21(29)15-22(20)30)10-7-5-6-8-11-23(31)32/h5,7,12,14,19-22,27-30H,3-4,6,8-11,13,15-18,26H2,1-2H3,(H,31,32)/b7-5-,14-12+/t19-,20-,21+,22-,24?/m1/s1. The Labute approximate surface area is 203 Å². The Morgan fingerprint density at radius 2 is 1.82 bits per heavy atom. The molecule has 5 atom stereocenters. The molecule has 0 aliphatic heterocycles. The number of allylic oxidation sites excluding steroid dienone is 2. The van der Waals surface area contributed by atoms with Crippen LogP contribution in [0, 0.1) is 11.8 Å². The summed E-state index contributed by atoms with van der Waals surface area (Å²) in [7, 11) is 0. The summed E-state index contributed by atoms with van der Waals surface area (Å²) in [6.07, 6.45) is 12.1. The van der Waals surface area contributed by atoms with Gasteiger partial charge in [0, 0.05) is 18.8 Å². The number of carbonyl (C=O) groups is 1. The molecule has 0 amide bonds. The second-order valence-electron chi connectivity index (χ2n) is 9.76. The van der Waals surface area contributed by atoms with E-state index in [2.05, 4.69) is 6.92 Å². The van der Waals surface area contributed by atoms with Gasteiger partial charge in [0.15, 0.2) is 0 Å². The Morgan fingerprint density at radius 3 is 2.44 bits per heavy atom. The lowest BCUT2D eigenvalue weighted by Gasteiger charge is -2.29. The number of aliphatic hydroxyl groups excluding tert-OH is 4. The molecule has 0 bridgehead atoms. The number of carboxylic acids is 1. The van der Waals surface area contributed by atoms with Gasteiger partial charge in [-0.2, -0.15) is 0 Å². The SMILES string of the molecule is CCCCCC(C)(/C=C/[C@@H]1[C@@H](C/C=C\CCCC(=O)O)[C@@H](O)C[C@H]1O)OOCC(N)(CO)CO. The van der Waals surface area contributed by atoms with Gasteiger partial charge in [0.1, 0.15) is 12.2 Å². The highest BCUT2D eigenvalue weighted by molar-refractivity contribution is 5.66. The van der Waals surface area contributed by atoms with E-state index in [0.717, 1.165) is 19.3 Å². The van der Waals surface area contributed by atoms with Crippen LogP contribution in [0.4, 0.5) is 0 Å². The maximum atomic E-state index is 10.6. The monoisotopic (exact) mass is 487 g/mol. The van der Waals surface area contributed by atoms with E-state index in [1.165, 1.54) is 0 Å². The van der Waals surface area contributed by atoms with E-state index in [1.807, 2.05) is 31.2 Å². The molecule has 0 radical (unpaired) electrons. The van der Waals surface area contributed by atoms with Crippen molar-refractivity contribution in [2.24, 2.45) is 17.6 Å². The molecule has 0 aromatic heterocycles. The molecule has 1 rings (SSSR count). The summed E-state index contributed by atoms with van der Waals surface area (Å²) >= 11 is 0. The third-order valence-corrected chi connectivity index (χ3v) is 6.43. The van der Waals surface area contributed by atoms with Crippen molar-refractivity contribution in [3.63, 3.8) is 0 Å². The first-order chi connectivity index (χ1) is 16.1. The van der Waals surface area contributed by atoms with Gasteiger partial charge in [-0.25, -0.2) is 9.78 Å². The Balaban J connectivity index is 2.81. The predicted octanol–water partition coefficient (Wildman–Crippen LogP) is 2.07. The van der Waals surface area contributed by atoms with Crippen molar-refractivity contribution in [2.45, 2.75) is 95.0 Å². The van der Waals surface area contributed by atoms with Crippen molar-refractivity contribution in [1.29, 1.82) is 0 Å². The topological polar surface area (TPSA) is 163 Å². The fourth-order valence-corrected chi connectivity index (χ4v) is 4.06. The number of aliphatic carboxylic acids is 1. The zero-order valence-electron chi connectivity index (χ0n) is 20.6. The Morgan fingerprint density at radius 1 is 1.12 bits per heavy atom. The van der Waals surface area contributed by atoms with Crippen molar-refractivity contribution >= 4 is 5.97 Å². The average Bonchev–Trinajstić information content (AvgIpc) is 3.06. The van der Waals surface area contributed by atoms with Crippen LogP contribution in [-0.2, 0) is 14.6 Å². The smallest absolute Gasteiger partial charge is 0.303 e. The highest BCUT2D eigenvalue weighted by Gasteiger charge is 2.40. The minimum Gasteiger partial charge on any atom is -0.481 e. The number of rotatable bonds is 18. The molecule has 9 nitrogen and oxygen atoms in total. The first kappa shape index (κ1) is 30.7. The first-order valence-electron chi connectivity index (χ1n) is 12.3. The minimum atomic E-state index is -1.30. The molecule has 1 aliphatic carbocycles. The van der Waals surface area contributed by atoms with Gasteiger partial charge < -0.3 is 31.3 Å². The van der Waals surface area contributed by atoms with E-state index in [9.17, 15) is 25.2 Å². The van der Waals surface area contributed by atoms with E-state index in [1.54, 1.807) is 0 Å². The Kier molecular flexibility index (Phi) is 14.1. The van der Waals surface area contributed by atoms with Crippen molar-refractivity contribution in [3.8, 4) is 0 Å². The van der Waals surface area contributed by atoms with Crippen molar-refractivity contribution in [3.05, 3.63) is 24.3 Å². The molecule has 0 aromatic carbocycles. The highest BCUT2D eigenvalue weighted by atomic mass is 17.2. The fourth-order valence-electron chi connectivity index (χ4n) is 4.06. The summed E-state index contributed by atoms with van der Waals surface area (Å²) in [5.74, 6) is -1.24. The van der Waals surface area contributed by atoms with Crippen LogP contribution in [0.3, 0.4) is 0 Å². The van der Waals surface area contributed by atoms with E-state index in [0.29, 0.717) is 32.1 Å². The zero-order chi connectivity index (χ0) is 25.6. The van der Waals surface area contributed by atoms with Crippen molar-refractivity contribution in [1.82, 2.24) is 0 Å². The molecule has 34 heavy (non-hydrogen) atoms. The molecule has 1 aliphatic rings. The van der Waals surface area contributed by atoms with Crippen LogP contribution in [0.1, 0.15) is 71.6 Å². The first-order valence-corrected chi connectivity index (χ1v) is 12.3. The van der Waals surface area contributed by atoms with Crippen molar-refractivity contribution < 1.29 is 40.1 Å². The molecule has 0 spiro atoms. The van der Waals surface area contributed by atoms with Gasteiger partial charge in [0.05, 0.1) is 31.0 Å². The zero-order valence-corrected chi connectivity index (χ0v) is 20.6. The maximum absolute atomic E-state index is 10.6. The van der Waals surface area contributed by atoms with Crippen LogP contribution in [0.5, 0.6) is 0 Å². The van der Waals surface area contributed by atoms with Gasteiger partial charge in [-0.1, -0.05) is 50.5 Å². The molecule has 198 valence electrons. The van der Waals surface area contributed by atoms with Gasteiger partial charge in [-0.3, -0.25) is 4.79 Å². The predicted molar refractivity (Wildman–Crippen MR) is 129 cm³/mol. The highest BCUT2D eigenvalue weighted by Crippen LogP contribution is 2.37. The average molecular weight is 488 g/mol. The lowest BCUT2D eigenvalue weighted by Crippen LogP contribution is -2.52. The molecule has 9 heteroatoms. The summed E-state index contributed by atoms with van der Waals surface area (Å²) in [5, 5.41) is 48.4. The molecule has 0 saturated heterocycles. The van der Waals surface area contributed by atoms with E-state index in [-0.39, 0.29) is 24.9 Å². The largest absolute Gasteiger partial charge is 0.481 e. The summed E-state index contributed by atoms with van der Waals surface area (Å²) in [6, 6.07) is 0. The van der Waals surface area contributed by atoms with Gasteiger partial charge in [-0.05, 0) is 38.5 Å². The number of nitrogens with two attached hydrogens (primary N) is 1. The lowest BCUT2D eigenvalue weighted by molar-refractivity contribution is -0.354. The number of hydrogen-bond acceptors (Lipinski definition) is 8. The van der Waals surface area contributed by atoms with E-state index < -0.39 is 42.5 Å². The third kappa shape index (κ3) is 10.9. The van der Waals surface area contributed by atoms with Crippen LogP contribution in [0.15, 0.2) is 24.3 Å². The fraction of sp³-hybridized carbons (Fsp3) is 0.800. The van der Waals surface area contributed by atoms with Crippen LogP contribution in [-0.4, -0.2) is 74.7 Å². The lowest BCUT2D eigenvalue weighted by atomic mass is 9.87. The number of hydrogen-bond donors (Lipinski definition) is 6. The van der Waals surface area contributed by atoms with Gasteiger partial charge in [0.2, 0.25) is 0 Å². The third-order valence-electron chi connectivity index (χ3n) is 6.43. The van der Waals surface area contributed by atoms with E-state index in [4.69, 9.17) is 20.6 Å². The van der Waals surface area contributed by atoms with Gasteiger partial charge in [0.25, 0.3) is 0 Å². The summed E-state index contributed by atoms with van der Waals surface area (Å²) < 4.78 is 0. The van der Waals surface area contributed by atoms with Crippen LogP contribution < -0.4 is 5.73 Å². The Bertz CT molecular complexity index is 636. The van der Waals surface area contributed by atoms with Gasteiger partial charge >= 0.3 is 5.97 Å². The molecular formula is C25H45NO8. The normalized spacial score (nSPS) is 25.4. The van der Waals surface area contributed by atoms with Crippen molar-refractivity contribution in [2.75, 3.05) is 19.8 Å². The molecule has 0 heterocycles. The second-order valence-corrected chi connectivity index (χ2v) is 9.76. The van der Waals surface area contributed by atoms with E-state index >= 15 is 0 Å². The minimum absolute atomic E-state index is 0.126. The maximum Gasteiger partial charge on any atom is 0.303 e. The molecule has 0 aromatic rings. The summed E-state index contributed by atoms with van der Waals surface area (Å²) in [6.45, 7) is 2.88. The van der Waals surface area contributed by atoms with Crippen LogP contribution in [0.2, 0.25) is 0 Å². The number of aliphatic hydroxyl groups is 4. The Hall–Kier alpha value is -1.33.